The van der Waals surface area contributed by atoms with Crippen molar-refractivity contribution in [3.63, 3.8) is 0 Å². The molecule has 0 fully saturated rings. The Kier molecular flexibility index (Phi) is 44.4. The number of hydrogen-bond donors (Lipinski definition) is 3. The van der Waals surface area contributed by atoms with Crippen molar-refractivity contribution in [2.75, 3.05) is 26.4 Å². The number of nitrogens with two attached hydrogens (primary N) is 1. The Balaban J connectivity index is 4.16. The molecule has 0 rings (SSSR count). The van der Waals surface area contributed by atoms with Gasteiger partial charge in [-0.2, -0.15) is 0 Å². The molecular formula is C50H92NO9P. The lowest BCUT2D eigenvalue weighted by molar-refractivity contribution is -0.154. The van der Waals surface area contributed by atoms with Gasteiger partial charge in [-0.15, -0.1) is 0 Å². The van der Waals surface area contributed by atoms with Crippen LogP contribution >= 0.6 is 7.82 Å². The van der Waals surface area contributed by atoms with Crippen LogP contribution in [-0.2, 0) is 32.7 Å². The first-order valence-electron chi connectivity index (χ1n) is 24.7. The van der Waals surface area contributed by atoms with Gasteiger partial charge in [0.2, 0.25) is 0 Å². The number of rotatable bonds is 47. The van der Waals surface area contributed by atoms with Crippen molar-refractivity contribution < 1.29 is 42.7 Å². The number of carboxylic acids is 1. The predicted molar refractivity (Wildman–Crippen MR) is 254 cm³/mol. The van der Waals surface area contributed by atoms with Gasteiger partial charge < -0.3 is 25.2 Å². The number of carboxylic acid groups (broad SMARTS) is 1. The third-order valence-corrected chi connectivity index (χ3v) is 11.6. The van der Waals surface area contributed by atoms with Crippen molar-refractivity contribution in [1.29, 1.82) is 0 Å². The van der Waals surface area contributed by atoms with Crippen LogP contribution in [0.5, 0.6) is 0 Å². The summed E-state index contributed by atoms with van der Waals surface area (Å²) in [5.41, 5.74) is 5.37. The minimum atomic E-state index is -4.63. The molecule has 356 valence electrons. The number of carbonyl (C=O) groups excluding carboxylic acids is 1. The van der Waals surface area contributed by atoms with Gasteiger partial charge in [0.1, 0.15) is 12.1 Å². The van der Waals surface area contributed by atoms with Gasteiger partial charge in [-0.3, -0.25) is 18.6 Å². The number of hydrogen-bond acceptors (Lipinski definition) is 8. The zero-order chi connectivity index (χ0) is 44.8. The summed E-state index contributed by atoms with van der Waals surface area (Å²) in [4.78, 5) is 33.6. The first-order chi connectivity index (χ1) is 29.7. The molecule has 0 aromatic rings. The molecule has 11 heteroatoms. The highest BCUT2D eigenvalue weighted by atomic mass is 31.2. The van der Waals surface area contributed by atoms with Crippen molar-refractivity contribution >= 4 is 19.8 Å². The maximum Gasteiger partial charge on any atom is 0.472 e. The standard InChI is InChI=1S/C50H92NO9P/c1-3-5-7-9-11-13-15-17-19-21-22-23-24-25-27-29-31-33-35-37-39-41-43-57-44-47(45-58-61(55,56)59-46-48(51)50(53)54)60-49(52)42-40-38-36-34-32-30-28-26-20-18-16-14-12-10-8-6-4-2/h6,8,12,14,18,20,28,30,47-48H,3-5,7,9-11,13,15-17,19,21-27,29,31-46,51H2,1-2H3,(H,53,54)(H,55,56)/b8-6-,14-12-,20-18-,30-28-. The van der Waals surface area contributed by atoms with Gasteiger partial charge in [-0.25, -0.2) is 4.57 Å². The molecule has 0 spiro atoms. The van der Waals surface area contributed by atoms with Crippen LogP contribution in [0.4, 0.5) is 0 Å². The first-order valence-corrected chi connectivity index (χ1v) is 26.2. The SMILES string of the molecule is CC/C=C\C/C=C\C/C=C\C/C=C\CCCCCCC(=O)OC(COCCCCCCCCCCCCCCCCCCCCCCCC)COP(=O)(O)OCC(N)C(=O)O. The van der Waals surface area contributed by atoms with Crippen molar-refractivity contribution in [2.45, 2.75) is 231 Å². The monoisotopic (exact) mass is 882 g/mol. The average molecular weight is 882 g/mol. The minimum Gasteiger partial charge on any atom is -0.480 e. The fourth-order valence-corrected chi connectivity index (χ4v) is 7.61. The van der Waals surface area contributed by atoms with Crippen LogP contribution < -0.4 is 5.73 Å². The normalized spacial score (nSPS) is 14.2. The molecule has 0 aromatic carbocycles. The third-order valence-electron chi connectivity index (χ3n) is 10.6. The van der Waals surface area contributed by atoms with Crippen LogP contribution in [0.1, 0.15) is 219 Å². The van der Waals surface area contributed by atoms with Crippen molar-refractivity contribution in [3.8, 4) is 0 Å². The molecule has 3 atom stereocenters. The second kappa shape index (κ2) is 45.9. The maximum absolute atomic E-state index is 12.7. The molecule has 0 heterocycles. The fourth-order valence-electron chi connectivity index (χ4n) is 6.83. The number of allylic oxidation sites excluding steroid dienone is 8. The van der Waals surface area contributed by atoms with E-state index in [0.29, 0.717) is 13.0 Å². The summed E-state index contributed by atoms with van der Waals surface area (Å²) in [5.74, 6) is -1.80. The molecule has 0 saturated heterocycles. The Labute approximate surface area is 373 Å². The molecule has 0 aliphatic heterocycles. The van der Waals surface area contributed by atoms with Crippen LogP contribution in [-0.4, -0.2) is 60.5 Å². The van der Waals surface area contributed by atoms with Crippen LogP contribution in [0.15, 0.2) is 48.6 Å². The number of phosphoric ester groups is 1. The molecule has 0 aliphatic rings. The van der Waals surface area contributed by atoms with Crippen LogP contribution in [0, 0.1) is 0 Å². The van der Waals surface area contributed by atoms with Crippen molar-refractivity contribution in [3.05, 3.63) is 48.6 Å². The highest BCUT2D eigenvalue weighted by molar-refractivity contribution is 7.47. The largest absolute Gasteiger partial charge is 0.480 e. The van der Waals surface area contributed by atoms with E-state index in [4.69, 9.17) is 29.4 Å². The number of aliphatic carboxylic acids is 1. The van der Waals surface area contributed by atoms with E-state index in [2.05, 4.69) is 62.5 Å². The van der Waals surface area contributed by atoms with E-state index in [1.807, 2.05) is 0 Å². The Morgan fingerprint density at radius 3 is 1.43 bits per heavy atom. The topological polar surface area (TPSA) is 155 Å². The lowest BCUT2D eigenvalue weighted by Crippen LogP contribution is -2.34. The summed E-state index contributed by atoms with van der Waals surface area (Å²) in [7, 11) is -4.63. The molecule has 10 nitrogen and oxygen atoms in total. The van der Waals surface area contributed by atoms with Crippen LogP contribution in [0.2, 0.25) is 0 Å². The Morgan fingerprint density at radius 2 is 0.951 bits per heavy atom. The predicted octanol–water partition coefficient (Wildman–Crippen LogP) is 14.2. The van der Waals surface area contributed by atoms with Crippen molar-refractivity contribution in [1.82, 2.24) is 0 Å². The van der Waals surface area contributed by atoms with E-state index in [1.54, 1.807) is 0 Å². The molecule has 3 unspecified atom stereocenters. The van der Waals surface area contributed by atoms with Gasteiger partial charge in [0.25, 0.3) is 0 Å². The summed E-state index contributed by atoms with van der Waals surface area (Å²) >= 11 is 0. The second-order valence-corrected chi connectivity index (χ2v) is 18.0. The number of unbranched alkanes of at least 4 members (excludes halogenated alkanes) is 25. The van der Waals surface area contributed by atoms with Gasteiger partial charge in [0.05, 0.1) is 19.8 Å². The molecular weight excluding hydrogens is 790 g/mol. The van der Waals surface area contributed by atoms with E-state index in [1.165, 1.54) is 122 Å². The summed E-state index contributed by atoms with van der Waals surface area (Å²) in [6, 6.07) is -1.48. The van der Waals surface area contributed by atoms with Crippen LogP contribution in [0.25, 0.3) is 0 Å². The minimum absolute atomic E-state index is 0.00843. The average Bonchev–Trinajstić information content (AvgIpc) is 3.24. The lowest BCUT2D eigenvalue weighted by Gasteiger charge is -2.20. The smallest absolute Gasteiger partial charge is 0.472 e. The van der Waals surface area contributed by atoms with E-state index >= 15 is 0 Å². The summed E-state index contributed by atoms with van der Waals surface area (Å²) in [6.45, 7) is 3.77. The number of ether oxygens (including phenoxy) is 2. The summed E-state index contributed by atoms with van der Waals surface area (Å²) < 4.78 is 33.4. The molecule has 0 amide bonds. The van der Waals surface area contributed by atoms with Crippen LogP contribution in [0.3, 0.4) is 0 Å². The molecule has 0 aliphatic carbocycles. The van der Waals surface area contributed by atoms with Gasteiger partial charge in [0, 0.05) is 13.0 Å². The zero-order valence-corrected chi connectivity index (χ0v) is 39.9. The lowest BCUT2D eigenvalue weighted by atomic mass is 10.0. The molecule has 0 saturated carbocycles. The molecule has 0 bridgehead atoms. The van der Waals surface area contributed by atoms with Gasteiger partial charge in [-0.05, 0) is 51.4 Å². The maximum atomic E-state index is 12.7. The third kappa shape index (κ3) is 45.8. The molecule has 0 aromatic heterocycles. The second-order valence-electron chi connectivity index (χ2n) is 16.6. The number of esters is 1. The Bertz CT molecular complexity index is 1160. The quantitative estimate of drug-likeness (QED) is 0.0233. The molecule has 61 heavy (non-hydrogen) atoms. The fraction of sp³-hybridized carbons (Fsp3) is 0.800. The zero-order valence-electron chi connectivity index (χ0n) is 39.0. The first kappa shape index (κ1) is 58.9. The highest BCUT2D eigenvalue weighted by Gasteiger charge is 2.27. The Hall–Kier alpha value is -2.07. The van der Waals surface area contributed by atoms with E-state index in [-0.39, 0.29) is 13.0 Å². The summed E-state index contributed by atoms with van der Waals surface area (Å²) in [5, 5.41) is 8.92. The van der Waals surface area contributed by atoms with Gasteiger partial charge >= 0.3 is 19.8 Å². The Morgan fingerprint density at radius 1 is 0.541 bits per heavy atom. The van der Waals surface area contributed by atoms with E-state index < -0.39 is 45.1 Å². The number of phosphoric acid groups is 1. The van der Waals surface area contributed by atoms with E-state index in [0.717, 1.165) is 70.6 Å². The molecule has 0 radical (unpaired) electrons. The molecule has 4 N–H and O–H groups in total. The highest BCUT2D eigenvalue weighted by Crippen LogP contribution is 2.43. The summed E-state index contributed by atoms with van der Waals surface area (Å²) in [6.07, 6.45) is 54.6. The van der Waals surface area contributed by atoms with Gasteiger partial charge in [-0.1, -0.05) is 210 Å². The van der Waals surface area contributed by atoms with Crippen molar-refractivity contribution in [2.24, 2.45) is 5.73 Å². The number of carbonyl (C=O) groups is 2. The van der Waals surface area contributed by atoms with Gasteiger partial charge in [0.15, 0.2) is 0 Å². The van der Waals surface area contributed by atoms with E-state index in [9.17, 15) is 19.0 Å².